The Morgan fingerprint density at radius 1 is 1.35 bits per heavy atom. The molecule has 2 heteroatoms. The summed E-state index contributed by atoms with van der Waals surface area (Å²) in [6, 6.07) is 0. The summed E-state index contributed by atoms with van der Waals surface area (Å²) in [5.74, 6) is 0.652. The third-order valence-corrected chi connectivity index (χ3v) is 5.80. The number of fused-ring (bicyclic) bond motifs is 1. The van der Waals surface area contributed by atoms with Gasteiger partial charge in [-0.05, 0) is 54.6 Å². The van der Waals surface area contributed by atoms with Crippen LogP contribution in [0.1, 0.15) is 53.4 Å². The van der Waals surface area contributed by atoms with Crippen molar-refractivity contribution in [2.75, 3.05) is 0 Å². The standard InChI is InChI=1S/C18H28O2/c1-12(19)7-8-14-13(2)15(20)11-16-17(3,4)9-6-10-18(14,16)5/h7-8,14-16,20H,2,6,9-11H2,1,3-5H3/b8-7+/t14-,15-,16-,18+/m0/s1. The van der Waals surface area contributed by atoms with Gasteiger partial charge in [-0.2, -0.15) is 0 Å². The Balaban J connectivity index is 2.41. The molecule has 0 heterocycles. The third kappa shape index (κ3) is 2.50. The first-order valence-electron chi connectivity index (χ1n) is 7.74. The Labute approximate surface area is 123 Å². The normalized spacial score (nSPS) is 40.6. The van der Waals surface area contributed by atoms with Crippen molar-refractivity contribution in [2.45, 2.75) is 59.5 Å². The summed E-state index contributed by atoms with van der Waals surface area (Å²) in [6.07, 6.45) is 7.60. The molecule has 2 aliphatic rings. The van der Waals surface area contributed by atoms with Crippen LogP contribution in [0.15, 0.2) is 24.3 Å². The van der Waals surface area contributed by atoms with E-state index >= 15 is 0 Å². The molecule has 1 N–H and O–H groups in total. The highest BCUT2D eigenvalue weighted by atomic mass is 16.3. The lowest BCUT2D eigenvalue weighted by Crippen LogP contribution is -2.52. The van der Waals surface area contributed by atoms with Crippen molar-refractivity contribution in [1.29, 1.82) is 0 Å². The second kappa shape index (κ2) is 5.14. The summed E-state index contributed by atoms with van der Waals surface area (Å²) in [5.41, 5.74) is 1.25. The summed E-state index contributed by atoms with van der Waals surface area (Å²) in [5, 5.41) is 10.4. The van der Waals surface area contributed by atoms with Crippen LogP contribution in [0.2, 0.25) is 0 Å². The summed E-state index contributed by atoms with van der Waals surface area (Å²) in [4.78, 5) is 11.3. The zero-order valence-corrected chi connectivity index (χ0v) is 13.3. The molecule has 2 rings (SSSR count). The fourth-order valence-corrected chi connectivity index (χ4v) is 4.71. The molecule has 0 aromatic rings. The van der Waals surface area contributed by atoms with Crippen molar-refractivity contribution in [3.63, 3.8) is 0 Å². The molecule has 20 heavy (non-hydrogen) atoms. The van der Waals surface area contributed by atoms with Crippen molar-refractivity contribution in [2.24, 2.45) is 22.7 Å². The SMILES string of the molecule is C=C1[C@@H](O)C[C@H]2C(C)(C)CCC[C@]2(C)[C@H]1/C=C/C(C)=O. The predicted octanol–water partition coefficient (Wildman–Crippen LogP) is 3.90. The van der Waals surface area contributed by atoms with Crippen LogP contribution >= 0.6 is 0 Å². The maximum absolute atomic E-state index is 11.3. The van der Waals surface area contributed by atoms with Crippen LogP contribution in [-0.2, 0) is 4.79 Å². The van der Waals surface area contributed by atoms with Crippen LogP contribution in [0.4, 0.5) is 0 Å². The van der Waals surface area contributed by atoms with Gasteiger partial charge in [0.05, 0.1) is 6.10 Å². The van der Waals surface area contributed by atoms with E-state index in [1.807, 2.05) is 6.08 Å². The van der Waals surface area contributed by atoms with E-state index in [9.17, 15) is 9.90 Å². The van der Waals surface area contributed by atoms with Crippen LogP contribution in [-0.4, -0.2) is 17.0 Å². The number of aliphatic hydroxyl groups excluding tert-OH is 1. The number of aliphatic hydroxyl groups is 1. The molecule has 0 amide bonds. The molecule has 0 spiro atoms. The molecule has 0 radical (unpaired) electrons. The zero-order chi connectivity index (χ0) is 15.1. The van der Waals surface area contributed by atoms with Crippen molar-refractivity contribution in [3.05, 3.63) is 24.3 Å². The van der Waals surface area contributed by atoms with Crippen LogP contribution in [0, 0.1) is 22.7 Å². The van der Waals surface area contributed by atoms with Crippen LogP contribution in [0.25, 0.3) is 0 Å². The van der Waals surface area contributed by atoms with E-state index in [4.69, 9.17) is 0 Å². The van der Waals surface area contributed by atoms with Gasteiger partial charge < -0.3 is 5.11 Å². The van der Waals surface area contributed by atoms with Crippen molar-refractivity contribution < 1.29 is 9.90 Å². The van der Waals surface area contributed by atoms with Gasteiger partial charge in [-0.3, -0.25) is 4.79 Å². The van der Waals surface area contributed by atoms with E-state index in [0.29, 0.717) is 5.92 Å². The Bertz CT molecular complexity index is 446. The summed E-state index contributed by atoms with van der Waals surface area (Å²) in [6.45, 7) is 12.7. The fourth-order valence-electron chi connectivity index (χ4n) is 4.71. The van der Waals surface area contributed by atoms with Gasteiger partial charge in [-0.15, -0.1) is 0 Å². The lowest BCUT2D eigenvalue weighted by Gasteiger charge is -2.58. The van der Waals surface area contributed by atoms with E-state index in [-0.39, 0.29) is 22.5 Å². The Morgan fingerprint density at radius 2 is 2.00 bits per heavy atom. The molecule has 4 atom stereocenters. The molecule has 2 saturated carbocycles. The highest BCUT2D eigenvalue weighted by Gasteiger charge is 2.54. The minimum Gasteiger partial charge on any atom is -0.389 e. The maximum Gasteiger partial charge on any atom is 0.152 e. The van der Waals surface area contributed by atoms with Gasteiger partial charge in [-0.25, -0.2) is 0 Å². The number of allylic oxidation sites excluding steroid dienone is 2. The fraction of sp³-hybridized carbons (Fsp3) is 0.722. The number of carbonyl (C=O) groups is 1. The number of hydrogen-bond acceptors (Lipinski definition) is 2. The van der Waals surface area contributed by atoms with E-state index in [0.717, 1.165) is 18.4 Å². The lowest BCUT2D eigenvalue weighted by molar-refractivity contribution is -0.112. The van der Waals surface area contributed by atoms with E-state index in [1.165, 1.54) is 12.8 Å². The molecular formula is C18H28O2. The summed E-state index contributed by atoms with van der Waals surface area (Å²) >= 11 is 0. The summed E-state index contributed by atoms with van der Waals surface area (Å²) < 4.78 is 0. The van der Waals surface area contributed by atoms with Crippen molar-refractivity contribution >= 4 is 5.78 Å². The highest BCUT2D eigenvalue weighted by Crippen LogP contribution is 2.61. The minimum absolute atomic E-state index is 0.0630. The van der Waals surface area contributed by atoms with E-state index in [2.05, 4.69) is 27.4 Å². The number of hydrogen-bond donors (Lipinski definition) is 1. The summed E-state index contributed by atoms with van der Waals surface area (Å²) in [7, 11) is 0. The van der Waals surface area contributed by atoms with Crippen LogP contribution in [0.3, 0.4) is 0 Å². The van der Waals surface area contributed by atoms with Gasteiger partial charge in [0.25, 0.3) is 0 Å². The molecule has 2 fully saturated rings. The van der Waals surface area contributed by atoms with E-state index < -0.39 is 6.10 Å². The predicted molar refractivity (Wildman–Crippen MR) is 82.3 cm³/mol. The second-order valence-corrected chi connectivity index (χ2v) is 7.67. The molecule has 2 nitrogen and oxygen atoms in total. The monoisotopic (exact) mass is 276 g/mol. The molecule has 0 saturated heterocycles. The van der Waals surface area contributed by atoms with Crippen LogP contribution < -0.4 is 0 Å². The number of ketones is 1. The topological polar surface area (TPSA) is 37.3 Å². The van der Waals surface area contributed by atoms with Crippen molar-refractivity contribution in [3.8, 4) is 0 Å². The molecule has 0 aliphatic heterocycles. The molecule has 0 bridgehead atoms. The third-order valence-electron chi connectivity index (χ3n) is 5.80. The van der Waals surface area contributed by atoms with Gasteiger partial charge in [0, 0.05) is 5.92 Å². The smallest absolute Gasteiger partial charge is 0.152 e. The first kappa shape index (κ1) is 15.5. The second-order valence-electron chi connectivity index (χ2n) is 7.67. The Hall–Kier alpha value is -0.890. The zero-order valence-electron chi connectivity index (χ0n) is 13.3. The number of rotatable bonds is 2. The largest absolute Gasteiger partial charge is 0.389 e. The van der Waals surface area contributed by atoms with Crippen molar-refractivity contribution in [1.82, 2.24) is 0 Å². The average molecular weight is 276 g/mol. The minimum atomic E-state index is -0.438. The molecular weight excluding hydrogens is 248 g/mol. The van der Waals surface area contributed by atoms with Gasteiger partial charge in [0.1, 0.15) is 0 Å². The van der Waals surface area contributed by atoms with Gasteiger partial charge in [-0.1, -0.05) is 39.8 Å². The Morgan fingerprint density at radius 3 is 2.60 bits per heavy atom. The van der Waals surface area contributed by atoms with Gasteiger partial charge >= 0.3 is 0 Å². The first-order valence-corrected chi connectivity index (χ1v) is 7.74. The van der Waals surface area contributed by atoms with Gasteiger partial charge in [0.2, 0.25) is 0 Å². The molecule has 0 aromatic carbocycles. The molecule has 2 aliphatic carbocycles. The molecule has 0 aromatic heterocycles. The quantitative estimate of drug-likeness (QED) is 0.613. The van der Waals surface area contributed by atoms with Gasteiger partial charge in [0.15, 0.2) is 5.78 Å². The number of carbonyl (C=O) groups excluding carboxylic acids is 1. The average Bonchev–Trinajstić information content (AvgIpc) is 2.31. The molecule has 112 valence electrons. The highest BCUT2D eigenvalue weighted by molar-refractivity contribution is 5.87. The molecule has 0 unspecified atom stereocenters. The van der Waals surface area contributed by atoms with E-state index in [1.54, 1.807) is 13.0 Å². The maximum atomic E-state index is 11.3. The Kier molecular flexibility index (Phi) is 3.98. The first-order chi connectivity index (χ1) is 9.18. The van der Waals surface area contributed by atoms with Crippen LogP contribution in [0.5, 0.6) is 0 Å². The lowest BCUT2D eigenvalue weighted by atomic mass is 9.47.